The first kappa shape index (κ1) is 13.0. The summed E-state index contributed by atoms with van der Waals surface area (Å²) in [5, 5.41) is 9.17. The van der Waals surface area contributed by atoms with Crippen LogP contribution in [0.25, 0.3) is 0 Å². The molecular weight excluding hydrogens is 194 g/mol. The van der Waals surface area contributed by atoms with Crippen LogP contribution in [0.2, 0.25) is 0 Å². The van der Waals surface area contributed by atoms with Crippen LogP contribution in [-0.4, -0.2) is 0 Å². The van der Waals surface area contributed by atoms with Crippen molar-refractivity contribution >= 4 is 0 Å². The van der Waals surface area contributed by atoms with Gasteiger partial charge in [0.25, 0.3) is 0 Å². The molecule has 0 radical (unpaired) electrons. The predicted octanol–water partition coefficient (Wildman–Crippen LogP) is 4.62. The molecule has 0 bridgehead atoms. The highest BCUT2D eigenvalue weighted by Gasteiger charge is 2.32. The van der Waals surface area contributed by atoms with Crippen molar-refractivity contribution in [1.82, 2.24) is 0 Å². The molecule has 0 fully saturated rings. The van der Waals surface area contributed by atoms with Crippen molar-refractivity contribution in [3.63, 3.8) is 0 Å². The highest BCUT2D eigenvalue weighted by molar-refractivity contribution is 5.17. The van der Waals surface area contributed by atoms with Crippen LogP contribution in [0.4, 0.5) is 0 Å². The maximum Gasteiger partial charge on any atom is 0.0693 e. The van der Waals surface area contributed by atoms with Gasteiger partial charge in [0.05, 0.1) is 11.5 Å². The summed E-state index contributed by atoms with van der Waals surface area (Å²) < 4.78 is 0. The molecule has 0 aromatic heterocycles. The van der Waals surface area contributed by atoms with Crippen molar-refractivity contribution in [2.75, 3.05) is 0 Å². The minimum Gasteiger partial charge on any atom is -0.198 e. The molecule has 0 aliphatic heterocycles. The van der Waals surface area contributed by atoms with Crippen LogP contribution < -0.4 is 0 Å². The maximum absolute atomic E-state index is 9.17. The van der Waals surface area contributed by atoms with Crippen LogP contribution >= 0.6 is 0 Å². The zero-order valence-corrected chi connectivity index (χ0v) is 11.0. The van der Waals surface area contributed by atoms with Crippen molar-refractivity contribution in [3.8, 4) is 6.07 Å². The molecule has 1 aliphatic rings. The van der Waals surface area contributed by atoms with E-state index < -0.39 is 0 Å². The van der Waals surface area contributed by atoms with Gasteiger partial charge < -0.3 is 0 Å². The first-order valence-electron chi connectivity index (χ1n) is 6.22. The zero-order chi connectivity index (χ0) is 12.2. The van der Waals surface area contributed by atoms with Gasteiger partial charge in [-0.15, -0.1) is 0 Å². The highest BCUT2D eigenvalue weighted by atomic mass is 14.4. The summed E-state index contributed by atoms with van der Waals surface area (Å²) in [6.07, 6.45) is 9.05. The molecule has 1 nitrogen and oxygen atoms in total. The van der Waals surface area contributed by atoms with Gasteiger partial charge in [0, 0.05) is 0 Å². The van der Waals surface area contributed by atoms with Gasteiger partial charge in [-0.3, -0.25) is 0 Å². The first-order chi connectivity index (χ1) is 7.48. The van der Waals surface area contributed by atoms with Gasteiger partial charge in [-0.2, -0.15) is 5.26 Å². The maximum atomic E-state index is 9.17. The van der Waals surface area contributed by atoms with Crippen LogP contribution in [-0.2, 0) is 0 Å². The fraction of sp³-hybridized carbons (Fsp3) is 0.667. The molecule has 0 amide bonds. The summed E-state index contributed by atoms with van der Waals surface area (Å²) in [5.41, 5.74) is 2.80. The van der Waals surface area contributed by atoms with Crippen LogP contribution in [0.15, 0.2) is 23.3 Å². The van der Waals surface area contributed by atoms with Crippen molar-refractivity contribution in [3.05, 3.63) is 23.3 Å². The van der Waals surface area contributed by atoms with E-state index in [1.54, 1.807) is 0 Å². The monoisotopic (exact) mass is 217 g/mol. The lowest BCUT2D eigenvalue weighted by atomic mass is 9.70. The first-order valence-corrected chi connectivity index (χ1v) is 6.22. The zero-order valence-electron chi connectivity index (χ0n) is 11.0. The molecule has 1 unspecified atom stereocenters. The Bertz CT molecular complexity index is 339. The van der Waals surface area contributed by atoms with Crippen molar-refractivity contribution in [1.29, 1.82) is 5.26 Å². The third-order valence-corrected chi connectivity index (χ3v) is 3.73. The Morgan fingerprint density at radius 3 is 2.81 bits per heavy atom. The fourth-order valence-corrected chi connectivity index (χ4v) is 2.18. The second-order valence-electron chi connectivity index (χ2n) is 5.46. The number of hydrogen-bond donors (Lipinski definition) is 0. The Morgan fingerprint density at radius 1 is 1.62 bits per heavy atom. The summed E-state index contributed by atoms with van der Waals surface area (Å²) in [5.74, 6) is 0.396. The van der Waals surface area contributed by atoms with Gasteiger partial charge in [0.2, 0.25) is 0 Å². The molecule has 88 valence electrons. The largest absolute Gasteiger partial charge is 0.198 e. The minimum absolute atomic E-state index is 0.139. The number of nitrogens with zero attached hydrogens (tertiary/aromatic N) is 1. The summed E-state index contributed by atoms with van der Waals surface area (Å²) in [4.78, 5) is 0. The van der Waals surface area contributed by atoms with Gasteiger partial charge in [0.15, 0.2) is 0 Å². The van der Waals surface area contributed by atoms with E-state index in [2.05, 4.69) is 45.9 Å². The molecule has 0 heterocycles. The quantitative estimate of drug-likeness (QED) is 0.633. The normalized spacial score (nSPS) is 29.2. The SMILES string of the molecule is CC(C)=CCCC1=C[C@H](C)C(C)(C#N)CC1. The lowest BCUT2D eigenvalue weighted by Gasteiger charge is -2.32. The fourth-order valence-electron chi connectivity index (χ4n) is 2.18. The smallest absolute Gasteiger partial charge is 0.0693 e. The van der Waals surface area contributed by atoms with E-state index >= 15 is 0 Å². The third-order valence-electron chi connectivity index (χ3n) is 3.73. The highest BCUT2D eigenvalue weighted by Crippen LogP contribution is 2.39. The molecule has 0 saturated carbocycles. The van der Waals surface area contributed by atoms with Gasteiger partial charge in [0.1, 0.15) is 0 Å². The lowest BCUT2D eigenvalue weighted by Crippen LogP contribution is -2.25. The molecular formula is C15H23N. The van der Waals surface area contributed by atoms with E-state index in [4.69, 9.17) is 5.26 Å². The molecule has 0 spiro atoms. The van der Waals surface area contributed by atoms with Crippen LogP contribution in [0, 0.1) is 22.7 Å². The van der Waals surface area contributed by atoms with Crippen molar-refractivity contribution in [2.45, 2.75) is 53.4 Å². The van der Waals surface area contributed by atoms with Crippen molar-refractivity contribution in [2.24, 2.45) is 11.3 Å². The molecule has 0 aromatic rings. The Morgan fingerprint density at radius 2 is 2.31 bits per heavy atom. The van der Waals surface area contributed by atoms with Gasteiger partial charge >= 0.3 is 0 Å². The summed E-state index contributed by atoms with van der Waals surface area (Å²) in [6, 6.07) is 2.47. The molecule has 2 atom stereocenters. The molecule has 1 rings (SSSR count). The average Bonchev–Trinajstić information content (AvgIpc) is 2.23. The van der Waals surface area contributed by atoms with Gasteiger partial charge in [-0.1, -0.05) is 30.2 Å². The summed E-state index contributed by atoms with van der Waals surface area (Å²) in [6.45, 7) is 8.54. The van der Waals surface area contributed by atoms with Crippen LogP contribution in [0.3, 0.4) is 0 Å². The number of allylic oxidation sites excluding steroid dienone is 4. The van der Waals surface area contributed by atoms with Crippen molar-refractivity contribution < 1.29 is 0 Å². The Hall–Kier alpha value is -1.03. The van der Waals surface area contributed by atoms with E-state index in [9.17, 15) is 0 Å². The molecule has 1 heteroatoms. The van der Waals surface area contributed by atoms with E-state index in [1.165, 1.54) is 11.1 Å². The third kappa shape index (κ3) is 3.23. The molecule has 16 heavy (non-hydrogen) atoms. The number of rotatable bonds is 3. The second-order valence-corrected chi connectivity index (χ2v) is 5.46. The Kier molecular flexibility index (Phi) is 4.35. The number of nitriles is 1. The molecule has 0 aromatic carbocycles. The summed E-state index contributed by atoms with van der Waals surface area (Å²) in [7, 11) is 0. The molecule has 1 aliphatic carbocycles. The Labute approximate surface area is 99.9 Å². The van der Waals surface area contributed by atoms with E-state index in [0.29, 0.717) is 5.92 Å². The van der Waals surface area contributed by atoms with E-state index in [-0.39, 0.29) is 5.41 Å². The van der Waals surface area contributed by atoms with Crippen LogP contribution in [0.5, 0.6) is 0 Å². The van der Waals surface area contributed by atoms with E-state index in [1.807, 2.05) is 0 Å². The lowest BCUT2D eigenvalue weighted by molar-refractivity contribution is 0.295. The molecule has 0 N–H and O–H groups in total. The molecule has 0 saturated heterocycles. The number of hydrogen-bond acceptors (Lipinski definition) is 1. The van der Waals surface area contributed by atoms with Gasteiger partial charge in [-0.05, 0) is 52.4 Å². The predicted molar refractivity (Wildman–Crippen MR) is 68.9 cm³/mol. The topological polar surface area (TPSA) is 23.8 Å². The Balaban J connectivity index is 2.57. The van der Waals surface area contributed by atoms with E-state index in [0.717, 1.165) is 25.7 Å². The standard InChI is InChI=1S/C15H23N/c1-12(2)6-5-7-14-8-9-15(4,11-16)13(3)10-14/h6,10,13H,5,7-9H2,1-4H3/t13-,15?/m0/s1. The second kappa shape index (κ2) is 5.34. The van der Waals surface area contributed by atoms with Gasteiger partial charge in [-0.25, -0.2) is 0 Å². The summed E-state index contributed by atoms with van der Waals surface area (Å²) >= 11 is 0. The average molecular weight is 217 g/mol. The minimum atomic E-state index is -0.139. The van der Waals surface area contributed by atoms with Crippen LogP contribution in [0.1, 0.15) is 53.4 Å².